The van der Waals surface area contributed by atoms with E-state index in [1.165, 1.54) is 6.21 Å². The maximum atomic E-state index is 11.7. The minimum atomic E-state index is -0.853. The zero-order valence-corrected chi connectivity index (χ0v) is 13.8. The third-order valence-electron chi connectivity index (χ3n) is 2.80. The van der Waals surface area contributed by atoms with Gasteiger partial charge in [-0.15, -0.1) is 0 Å². The summed E-state index contributed by atoms with van der Waals surface area (Å²) in [5.41, 5.74) is 3.45. The van der Waals surface area contributed by atoms with E-state index in [-0.39, 0.29) is 0 Å². The van der Waals surface area contributed by atoms with Gasteiger partial charge in [0, 0.05) is 10.2 Å². The Balaban J connectivity index is 1.86. The Morgan fingerprint density at radius 1 is 1.04 bits per heavy atom. The summed E-state index contributed by atoms with van der Waals surface area (Å²) in [5, 5.41) is 6.20. The zero-order chi connectivity index (χ0) is 16.7. The van der Waals surface area contributed by atoms with Crippen molar-refractivity contribution in [2.24, 2.45) is 5.10 Å². The third kappa shape index (κ3) is 5.23. The molecule has 0 atom stereocenters. The first kappa shape index (κ1) is 16.7. The Hall–Kier alpha value is -2.67. The summed E-state index contributed by atoms with van der Waals surface area (Å²) in [6, 6.07) is 14.0. The number of rotatable bonds is 4. The molecule has 2 N–H and O–H groups in total. The molecule has 23 heavy (non-hydrogen) atoms. The van der Waals surface area contributed by atoms with E-state index in [1.807, 2.05) is 24.3 Å². The predicted molar refractivity (Wildman–Crippen MR) is 91.5 cm³/mol. The van der Waals surface area contributed by atoms with Gasteiger partial charge in [-0.2, -0.15) is 5.10 Å². The highest BCUT2D eigenvalue weighted by atomic mass is 79.9. The van der Waals surface area contributed by atoms with Crippen LogP contribution in [-0.4, -0.2) is 25.1 Å². The van der Waals surface area contributed by atoms with Crippen LogP contribution in [0.1, 0.15) is 5.56 Å². The van der Waals surface area contributed by atoms with Crippen molar-refractivity contribution < 1.29 is 14.3 Å². The highest BCUT2D eigenvalue weighted by Crippen LogP contribution is 2.14. The van der Waals surface area contributed by atoms with Crippen LogP contribution in [0.15, 0.2) is 58.1 Å². The van der Waals surface area contributed by atoms with Crippen molar-refractivity contribution >= 4 is 39.6 Å². The molecular weight excluding hydrogens is 362 g/mol. The van der Waals surface area contributed by atoms with Gasteiger partial charge in [-0.3, -0.25) is 9.59 Å². The van der Waals surface area contributed by atoms with Gasteiger partial charge < -0.3 is 10.1 Å². The second kappa shape index (κ2) is 8.09. The molecule has 0 aliphatic rings. The fourth-order valence-corrected chi connectivity index (χ4v) is 1.89. The second-order valence-electron chi connectivity index (χ2n) is 4.43. The number of anilines is 1. The molecule has 0 heterocycles. The number of methoxy groups -OCH3 is 1. The zero-order valence-electron chi connectivity index (χ0n) is 12.2. The number of ether oxygens (including phenoxy) is 1. The van der Waals surface area contributed by atoms with Gasteiger partial charge in [0.15, 0.2) is 0 Å². The fraction of sp³-hybridized carbons (Fsp3) is 0.0625. The first-order valence-electron chi connectivity index (χ1n) is 6.62. The summed E-state index contributed by atoms with van der Waals surface area (Å²) in [6.07, 6.45) is 1.45. The van der Waals surface area contributed by atoms with Gasteiger partial charge in [0.05, 0.1) is 13.3 Å². The number of carbonyl (C=O) groups excluding carboxylic acids is 2. The molecule has 2 amide bonds. The first-order chi connectivity index (χ1) is 11.1. The molecule has 118 valence electrons. The van der Waals surface area contributed by atoms with Crippen LogP contribution in [0.25, 0.3) is 0 Å². The smallest absolute Gasteiger partial charge is 0.329 e. The Bertz CT molecular complexity index is 712. The van der Waals surface area contributed by atoms with Gasteiger partial charge in [-0.1, -0.05) is 28.1 Å². The topological polar surface area (TPSA) is 79.8 Å². The van der Waals surface area contributed by atoms with Crippen molar-refractivity contribution in [2.45, 2.75) is 0 Å². The van der Waals surface area contributed by atoms with Crippen molar-refractivity contribution in [3.05, 3.63) is 58.6 Å². The second-order valence-corrected chi connectivity index (χ2v) is 5.35. The number of nitrogens with one attached hydrogen (secondary N) is 2. The summed E-state index contributed by atoms with van der Waals surface area (Å²) in [7, 11) is 1.55. The number of benzene rings is 2. The summed E-state index contributed by atoms with van der Waals surface area (Å²) in [6.45, 7) is 0. The number of amides is 2. The summed E-state index contributed by atoms with van der Waals surface area (Å²) >= 11 is 3.32. The van der Waals surface area contributed by atoms with Crippen LogP contribution in [0.3, 0.4) is 0 Å². The van der Waals surface area contributed by atoms with E-state index >= 15 is 0 Å². The summed E-state index contributed by atoms with van der Waals surface area (Å²) in [5.74, 6) is -0.996. The van der Waals surface area contributed by atoms with E-state index in [4.69, 9.17) is 4.74 Å². The molecule has 0 bridgehead atoms. The van der Waals surface area contributed by atoms with E-state index < -0.39 is 11.8 Å². The van der Waals surface area contributed by atoms with Crippen LogP contribution in [0, 0.1) is 0 Å². The van der Waals surface area contributed by atoms with Crippen molar-refractivity contribution in [3.8, 4) is 5.75 Å². The average molecular weight is 376 g/mol. The summed E-state index contributed by atoms with van der Waals surface area (Å²) < 4.78 is 5.95. The molecule has 0 spiro atoms. The molecule has 0 fully saturated rings. The van der Waals surface area contributed by atoms with E-state index in [0.717, 1.165) is 10.0 Å². The van der Waals surface area contributed by atoms with Gasteiger partial charge in [0.2, 0.25) is 0 Å². The highest BCUT2D eigenvalue weighted by molar-refractivity contribution is 9.10. The minimum absolute atomic E-state index is 0.489. The SMILES string of the molecule is COc1ccc(NC(=O)C(=O)N/N=C/c2ccc(Br)cc2)cc1. The standard InChI is InChI=1S/C16H14BrN3O3/c1-23-14-8-6-13(7-9-14)19-15(21)16(22)20-18-10-11-2-4-12(17)5-3-11/h2-10H,1H3,(H,19,21)(H,20,22)/b18-10+. The van der Waals surface area contributed by atoms with Crippen molar-refractivity contribution in [1.29, 1.82) is 0 Å². The molecule has 7 heteroatoms. The van der Waals surface area contributed by atoms with Gasteiger partial charge >= 0.3 is 11.8 Å². The third-order valence-corrected chi connectivity index (χ3v) is 3.33. The fourth-order valence-electron chi connectivity index (χ4n) is 1.63. The van der Waals surface area contributed by atoms with Crippen molar-refractivity contribution in [3.63, 3.8) is 0 Å². The lowest BCUT2D eigenvalue weighted by molar-refractivity contribution is -0.136. The van der Waals surface area contributed by atoms with Crippen molar-refractivity contribution in [1.82, 2.24) is 5.43 Å². The molecule has 2 aromatic rings. The molecule has 0 unspecified atom stereocenters. The highest BCUT2D eigenvalue weighted by Gasteiger charge is 2.12. The predicted octanol–water partition coefficient (Wildman–Crippen LogP) is 2.55. The van der Waals surface area contributed by atoms with Gasteiger partial charge in [0.25, 0.3) is 0 Å². The molecule has 0 aliphatic carbocycles. The number of halogens is 1. The first-order valence-corrected chi connectivity index (χ1v) is 7.42. The number of hydrogen-bond acceptors (Lipinski definition) is 4. The Morgan fingerprint density at radius 2 is 1.70 bits per heavy atom. The molecule has 0 saturated carbocycles. The lowest BCUT2D eigenvalue weighted by Crippen LogP contribution is -2.32. The van der Waals surface area contributed by atoms with E-state index in [0.29, 0.717) is 11.4 Å². The molecule has 0 aliphatic heterocycles. The number of nitrogens with zero attached hydrogens (tertiary/aromatic N) is 1. The van der Waals surface area contributed by atoms with E-state index in [9.17, 15) is 9.59 Å². The van der Waals surface area contributed by atoms with Crippen LogP contribution in [0.2, 0.25) is 0 Å². The Labute approximate surface area is 141 Å². The van der Waals surface area contributed by atoms with Crippen LogP contribution in [-0.2, 0) is 9.59 Å². The largest absolute Gasteiger partial charge is 0.497 e. The average Bonchev–Trinajstić information content (AvgIpc) is 2.57. The quantitative estimate of drug-likeness (QED) is 0.489. The monoisotopic (exact) mass is 375 g/mol. The number of hydrazone groups is 1. The molecular formula is C16H14BrN3O3. The van der Waals surface area contributed by atoms with Crippen LogP contribution >= 0.6 is 15.9 Å². The van der Waals surface area contributed by atoms with E-state index in [2.05, 4.69) is 31.8 Å². The van der Waals surface area contributed by atoms with Gasteiger partial charge in [0.1, 0.15) is 5.75 Å². The number of hydrogen-bond donors (Lipinski definition) is 2. The minimum Gasteiger partial charge on any atom is -0.497 e. The molecule has 2 aromatic carbocycles. The van der Waals surface area contributed by atoms with Crippen LogP contribution in [0.5, 0.6) is 5.75 Å². The maximum absolute atomic E-state index is 11.7. The van der Waals surface area contributed by atoms with Crippen LogP contribution in [0.4, 0.5) is 5.69 Å². The Kier molecular flexibility index (Phi) is 5.87. The molecule has 6 nitrogen and oxygen atoms in total. The van der Waals surface area contributed by atoms with E-state index in [1.54, 1.807) is 31.4 Å². The molecule has 0 radical (unpaired) electrons. The molecule has 2 rings (SSSR count). The lowest BCUT2D eigenvalue weighted by Gasteiger charge is -2.05. The number of carbonyl (C=O) groups is 2. The lowest BCUT2D eigenvalue weighted by atomic mass is 10.2. The van der Waals surface area contributed by atoms with Crippen LogP contribution < -0.4 is 15.5 Å². The maximum Gasteiger partial charge on any atom is 0.329 e. The van der Waals surface area contributed by atoms with Gasteiger partial charge in [-0.05, 0) is 42.0 Å². The summed E-state index contributed by atoms with van der Waals surface area (Å²) in [4.78, 5) is 23.4. The molecule has 0 aromatic heterocycles. The Morgan fingerprint density at radius 3 is 2.30 bits per heavy atom. The normalized spacial score (nSPS) is 10.3. The van der Waals surface area contributed by atoms with Gasteiger partial charge in [-0.25, -0.2) is 5.43 Å². The van der Waals surface area contributed by atoms with Crippen molar-refractivity contribution in [2.75, 3.05) is 12.4 Å². The molecule has 0 saturated heterocycles.